The zero-order chi connectivity index (χ0) is 24.1. The molecule has 0 bridgehead atoms. The quantitative estimate of drug-likeness (QED) is 0.219. The summed E-state index contributed by atoms with van der Waals surface area (Å²) in [6.45, 7) is 2.23. The van der Waals surface area contributed by atoms with E-state index >= 15 is 0 Å². The summed E-state index contributed by atoms with van der Waals surface area (Å²) in [6.07, 6.45) is 2.33. The molecule has 0 fully saturated rings. The second kappa shape index (κ2) is 13.6. The topological polar surface area (TPSA) is 195 Å². The van der Waals surface area contributed by atoms with Gasteiger partial charge in [-0.05, 0) is 44.2 Å². The number of nitrogens with one attached hydrogen (secondary N) is 3. The fraction of sp³-hybridized carbons (Fsp3) is 0.500. The van der Waals surface area contributed by atoms with E-state index < -0.39 is 42.4 Å². The molecule has 1 heterocycles. The number of aliphatic carboxylic acids is 3. The molecule has 2 unspecified atom stereocenters. The van der Waals surface area contributed by atoms with Crippen LogP contribution in [0.3, 0.4) is 0 Å². The molecule has 0 aromatic carbocycles. The minimum atomic E-state index is -1.46. The number of amides is 3. The molecule has 3 amide bonds. The van der Waals surface area contributed by atoms with Crippen LogP contribution in [0.15, 0.2) is 18.3 Å². The maximum absolute atomic E-state index is 12.1. The fourth-order valence-corrected chi connectivity index (χ4v) is 2.73. The second-order valence-electron chi connectivity index (χ2n) is 6.97. The zero-order valence-corrected chi connectivity index (χ0v) is 17.7. The first-order chi connectivity index (χ1) is 15.1. The number of urea groups is 1. The molecule has 12 nitrogen and oxygen atoms in total. The standard InChI is InChI=1S/C20H28N4O8/c1-2-13-11-12(8-10-21-13)17(27)22-9-4-3-5-14(18(28)29)23-20(32)24-15(19(30)31)6-7-16(25)26/h8,10-11,14-15H,2-7,9H2,1H3,(H,22,27)(H,25,26)(H,28,29)(H,30,31)(H2,23,24,32). The molecule has 176 valence electrons. The Morgan fingerprint density at radius 2 is 1.59 bits per heavy atom. The van der Waals surface area contributed by atoms with Gasteiger partial charge in [0.25, 0.3) is 5.91 Å². The van der Waals surface area contributed by atoms with Crippen LogP contribution in [0.1, 0.15) is 55.1 Å². The molecule has 1 rings (SSSR count). The predicted octanol–water partition coefficient (Wildman–Crippen LogP) is 0.615. The fourth-order valence-electron chi connectivity index (χ4n) is 2.73. The highest BCUT2D eigenvalue weighted by molar-refractivity contribution is 5.94. The third kappa shape index (κ3) is 9.87. The number of aromatic nitrogens is 1. The van der Waals surface area contributed by atoms with Crippen molar-refractivity contribution in [3.05, 3.63) is 29.6 Å². The first-order valence-corrected chi connectivity index (χ1v) is 10.1. The van der Waals surface area contributed by atoms with Gasteiger partial charge in [0.1, 0.15) is 12.1 Å². The summed E-state index contributed by atoms with van der Waals surface area (Å²) < 4.78 is 0. The van der Waals surface area contributed by atoms with Crippen LogP contribution in [0.5, 0.6) is 0 Å². The predicted molar refractivity (Wildman–Crippen MR) is 111 cm³/mol. The van der Waals surface area contributed by atoms with Crippen molar-refractivity contribution in [1.29, 1.82) is 0 Å². The minimum Gasteiger partial charge on any atom is -0.481 e. The number of carbonyl (C=O) groups is 5. The summed E-state index contributed by atoms with van der Waals surface area (Å²) in [5.74, 6) is -4.21. The van der Waals surface area contributed by atoms with Crippen LogP contribution in [0.25, 0.3) is 0 Å². The Bertz CT molecular complexity index is 830. The summed E-state index contributed by atoms with van der Waals surface area (Å²) in [7, 11) is 0. The van der Waals surface area contributed by atoms with E-state index in [-0.39, 0.29) is 18.7 Å². The van der Waals surface area contributed by atoms with Gasteiger partial charge < -0.3 is 31.3 Å². The maximum atomic E-state index is 12.1. The van der Waals surface area contributed by atoms with Crippen LogP contribution in [0, 0.1) is 0 Å². The molecule has 32 heavy (non-hydrogen) atoms. The highest BCUT2D eigenvalue weighted by atomic mass is 16.4. The van der Waals surface area contributed by atoms with E-state index in [0.717, 1.165) is 5.69 Å². The van der Waals surface area contributed by atoms with Crippen molar-refractivity contribution < 1.29 is 39.3 Å². The van der Waals surface area contributed by atoms with E-state index in [1.807, 2.05) is 6.92 Å². The van der Waals surface area contributed by atoms with Crippen molar-refractivity contribution in [2.45, 2.75) is 57.5 Å². The van der Waals surface area contributed by atoms with Crippen molar-refractivity contribution in [3.63, 3.8) is 0 Å². The van der Waals surface area contributed by atoms with Gasteiger partial charge in [0.2, 0.25) is 0 Å². The monoisotopic (exact) mass is 452 g/mol. The van der Waals surface area contributed by atoms with Gasteiger partial charge in [0.15, 0.2) is 0 Å². The number of aryl methyl sites for hydroxylation is 1. The molecule has 6 N–H and O–H groups in total. The van der Waals surface area contributed by atoms with E-state index in [1.54, 1.807) is 18.3 Å². The number of nitrogens with zero attached hydrogens (tertiary/aromatic N) is 1. The van der Waals surface area contributed by atoms with Gasteiger partial charge in [-0.15, -0.1) is 0 Å². The minimum absolute atomic E-state index is 0.0563. The summed E-state index contributed by atoms with van der Waals surface area (Å²) in [6, 6.07) is -0.464. The number of pyridine rings is 1. The zero-order valence-electron chi connectivity index (χ0n) is 17.7. The number of hydrogen-bond donors (Lipinski definition) is 6. The van der Waals surface area contributed by atoms with Gasteiger partial charge in [0.05, 0.1) is 0 Å². The van der Waals surface area contributed by atoms with E-state index in [4.69, 9.17) is 10.2 Å². The van der Waals surface area contributed by atoms with Crippen molar-refractivity contribution >= 4 is 29.8 Å². The number of hydrogen-bond acceptors (Lipinski definition) is 6. The van der Waals surface area contributed by atoms with Crippen LogP contribution < -0.4 is 16.0 Å². The Morgan fingerprint density at radius 1 is 0.969 bits per heavy atom. The molecule has 1 aromatic rings. The lowest BCUT2D eigenvalue weighted by molar-refractivity contribution is -0.140. The number of unbranched alkanes of at least 4 members (excludes halogenated alkanes) is 1. The van der Waals surface area contributed by atoms with E-state index in [0.29, 0.717) is 31.4 Å². The molecule has 0 aliphatic rings. The average Bonchev–Trinajstić information content (AvgIpc) is 2.74. The first kappa shape index (κ1) is 26.3. The molecule has 0 spiro atoms. The van der Waals surface area contributed by atoms with E-state index in [1.165, 1.54) is 0 Å². The average molecular weight is 452 g/mol. The number of carboxylic acid groups (broad SMARTS) is 3. The van der Waals surface area contributed by atoms with Crippen LogP contribution >= 0.6 is 0 Å². The SMILES string of the molecule is CCc1cc(C(=O)NCCCCC(NC(=O)NC(CCC(=O)O)C(=O)O)C(=O)O)ccn1. The molecule has 12 heteroatoms. The molecule has 2 atom stereocenters. The summed E-state index contributed by atoms with van der Waals surface area (Å²) in [4.78, 5) is 61.3. The Kier molecular flexibility index (Phi) is 11.2. The molecular formula is C20H28N4O8. The van der Waals surface area contributed by atoms with E-state index in [9.17, 15) is 29.1 Å². The molecule has 1 aromatic heterocycles. The van der Waals surface area contributed by atoms with Crippen LogP contribution in [-0.2, 0) is 20.8 Å². The largest absolute Gasteiger partial charge is 0.481 e. The number of carboxylic acids is 3. The smallest absolute Gasteiger partial charge is 0.326 e. The third-order valence-electron chi connectivity index (χ3n) is 4.50. The lowest BCUT2D eigenvalue weighted by atomic mass is 10.1. The molecule has 0 radical (unpaired) electrons. The Hall–Kier alpha value is -3.70. The van der Waals surface area contributed by atoms with Gasteiger partial charge in [-0.2, -0.15) is 0 Å². The Balaban J connectivity index is 2.43. The van der Waals surface area contributed by atoms with Gasteiger partial charge in [0, 0.05) is 30.4 Å². The van der Waals surface area contributed by atoms with Gasteiger partial charge in [-0.1, -0.05) is 6.92 Å². The molecular weight excluding hydrogens is 424 g/mol. The van der Waals surface area contributed by atoms with Crippen LogP contribution in [0.2, 0.25) is 0 Å². The molecule has 0 aliphatic carbocycles. The van der Waals surface area contributed by atoms with Crippen molar-refractivity contribution in [2.24, 2.45) is 0 Å². The van der Waals surface area contributed by atoms with Gasteiger partial charge in [-0.3, -0.25) is 14.6 Å². The number of rotatable bonds is 14. The number of carbonyl (C=O) groups excluding carboxylic acids is 2. The Labute approximate surface area is 184 Å². The van der Waals surface area contributed by atoms with Crippen LogP contribution in [-0.4, -0.2) is 68.8 Å². The van der Waals surface area contributed by atoms with Crippen LogP contribution in [0.4, 0.5) is 4.79 Å². The molecule has 0 saturated carbocycles. The van der Waals surface area contributed by atoms with Crippen molar-refractivity contribution in [2.75, 3.05) is 6.54 Å². The maximum Gasteiger partial charge on any atom is 0.326 e. The molecule has 0 aliphatic heterocycles. The van der Waals surface area contributed by atoms with E-state index in [2.05, 4.69) is 20.9 Å². The normalized spacial score (nSPS) is 12.3. The lowest BCUT2D eigenvalue weighted by Gasteiger charge is -2.18. The van der Waals surface area contributed by atoms with Gasteiger partial charge >= 0.3 is 23.9 Å². The molecule has 0 saturated heterocycles. The highest BCUT2D eigenvalue weighted by Gasteiger charge is 2.24. The first-order valence-electron chi connectivity index (χ1n) is 10.1. The highest BCUT2D eigenvalue weighted by Crippen LogP contribution is 2.05. The second-order valence-corrected chi connectivity index (χ2v) is 6.97. The van der Waals surface area contributed by atoms with Crippen molar-refractivity contribution in [3.8, 4) is 0 Å². The Morgan fingerprint density at radius 3 is 2.16 bits per heavy atom. The third-order valence-corrected chi connectivity index (χ3v) is 4.50. The lowest BCUT2D eigenvalue weighted by Crippen LogP contribution is -2.51. The summed E-state index contributed by atoms with van der Waals surface area (Å²) >= 11 is 0. The van der Waals surface area contributed by atoms with Crippen molar-refractivity contribution in [1.82, 2.24) is 20.9 Å². The van der Waals surface area contributed by atoms with Gasteiger partial charge in [-0.25, -0.2) is 14.4 Å². The summed E-state index contributed by atoms with van der Waals surface area (Å²) in [5.41, 5.74) is 1.27. The summed E-state index contributed by atoms with van der Waals surface area (Å²) in [5, 5.41) is 33.9.